The van der Waals surface area contributed by atoms with Crippen LogP contribution >= 0.6 is 0 Å². The van der Waals surface area contributed by atoms with E-state index in [2.05, 4.69) is 15.2 Å². The average Bonchev–Trinajstić information content (AvgIpc) is 2.73. The van der Waals surface area contributed by atoms with Gasteiger partial charge in [0.2, 0.25) is 0 Å². The second-order valence-electron chi connectivity index (χ2n) is 6.31. The van der Waals surface area contributed by atoms with Crippen LogP contribution in [0, 0.1) is 0 Å². The lowest BCUT2D eigenvalue weighted by Crippen LogP contribution is -2.30. The molecule has 1 aliphatic rings. The molecule has 1 saturated heterocycles. The predicted molar refractivity (Wildman–Crippen MR) is 104 cm³/mol. The molecule has 3 rings (SSSR count). The summed E-state index contributed by atoms with van der Waals surface area (Å²) in [4.78, 5) is 19.5. The summed E-state index contributed by atoms with van der Waals surface area (Å²) >= 11 is 0. The van der Waals surface area contributed by atoms with Crippen molar-refractivity contribution in [1.82, 2.24) is 4.98 Å². The van der Waals surface area contributed by atoms with Crippen molar-refractivity contribution in [3.63, 3.8) is 0 Å². The first-order chi connectivity index (χ1) is 13.2. The third kappa shape index (κ3) is 4.24. The van der Waals surface area contributed by atoms with Gasteiger partial charge in [0.25, 0.3) is 5.91 Å². The van der Waals surface area contributed by atoms with Crippen molar-refractivity contribution >= 4 is 17.4 Å². The lowest BCUT2D eigenvalue weighted by atomic mass is 10.1. The van der Waals surface area contributed by atoms with Crippen LogP contribution in [0.25, 0.3) is 0 Å². The minimum absolute atomic E-state index is 0.305. The summed E-state index contributed by atoms with van der Waals surface area (Å²) in [6.07, 6.45) is 5.34. The second kappa shape index (κ2) is 8.62. The Balaban J connectivity index is 1.76. The monoisotopic (exact) mass is 371 g/mol. The Kier molecular flexibility index (Phi) is 6.01. The molecular formula is C20H25N3O4. The zero-order valence-corrected chi connectivity index (χ0v) is 15.9. The highest BCUT2D eigenvalue weighted by molar-refractivity contribution is 6.06. The van der Waals surface area contributed by atoms with Gasteiger partial charge in [0.05, 0.1) is 38.8 Å². The van der Waals surface area contributed by atoms with Gasteiger partial charge in [-0.15, -0.1) is 0 Å². The molecule has 0 bridgehead atoms. The number of nitrogens with zero attached hydrogens (tertiary/aromatic N) is 2. The van der Waals surface area contributed by atoms with Crippen molar-refractivity contribution in [3.8, 4) is 17.2 Å². The fourth-order valence-corrected chi connectivity index (χ4v) is 3.18. The number of hydrogen-bond donors (Lipinski definition) is 1. The maximum atomic E-state index is 12.7. The van der Waals surface area contributed by atoms with Gasteiger partial charge in [-0.2, -0.15) is 0 Å². The Hall–Kier alpha value is -2.96. The van der Waals surface area contributed by atoms with Crippen LogP contribution in [0.5, 0.6) is 17.2 Å². The molecule has 1 aliphatic heterocycles. The standard InChI is InChI=1S/C20H25N3O4/c1-25-16-12-18(27-3)17(26-2)11-15(16)20(24)22-14-7-8-19(21-13-14)23-9-5-4-6-10-23/h7-8,11-13H,4-6,9-10H2,1-3H3,(H,22,24). The number of benzene rings is 1. The second-order valence-corrected chi connectivity index (χ2v) is 6.31. The van der Waals surface area contributed by atoms with Gasteiger partial charge in [0.1, 0.15) is 11.6 Å². The number of methoxy groups -OCH3 is 3. The van der Waals surface area contributed by atoms with Crippen molar-refractivity contribution in [3.05, 3.63) is 36.0 Å². The first-order valence-corrected chi connectivity index (χ1v) is 8.98. The van der Waals surface area contributed by atoms with Gasteiger partial charge in [-0.3, -0.25) is 4.79 Å². The van der Waals surface area contributed by atoms with Gasteiger partial charge in [-0.1, -0.05) is 0 Å². The van der Waals surface area contributed by atoms with E-state index in [-0.39, 0.29) is 5.91 Å². The average molecular weight is 371 g/mol. The summed E-state index contributed by atoms with van der Waals surface area (Å²) in [6, 6.07) is 7.03. The highest BCUT2D eigenvalue weighted by Gasteiger charge is 2.18. The lowest BCUT2D eigenvalue weighted by molar-refractivity contribution is 0.102. The Morgan fingerprint density at radius 1 is 0.963 bits per heavy atom. The minimum Gasteiger partial charge on any atom is -0.496 e. The molecule has 1 N–H and O–H groups in total. The zero-order chi connectivity index (χ0) is 19.2. The Morgan fingerprint density at radius 2 is 1.63 bits per heavy atom. The summed E-state index contributed by atoms with van der Waals surface area (Å²) in [5, 5.41) is 2.86. The van der Waals surface area contributed by atoms with E-state index < -0.39 is 0 Å². The van der Waals surface area contributed by atoms with E-state index in [0.717, 1.165) is 18.9 Å². The SMILES string of the molecule is COc1cc(OC)c(C(=O)Nc2ccc(N3CCCCC3)nc2)cc1OC. The number of ether oxygens (including phenoxy) is 3. The third-order valence-corrected chi connectivity index (χ3v) is 4.64. The first kappa shape index (κ1) is 18.8. The van der Waals surface area contributed by atoms with Gasteiger partial charge in [-0.05, 0) is 31.4 Å². The number of carbonyl (C=O) groups excluding carboxylic acids is 1. The van der Waals surface area contributed by atoms with Crippen LogP contribution in [0.4, 0.5) is 11.5 Å². The van der Waals surface area contributed by atoms with Crippen molar-refractivity contribution in [1.29, 1.82) is 0 Å². The molecule has 1 amide bonds. The van der Waals surface area contributed by atoms with Crippen LogP contribution in [-0.2, 0) is 0 Å². The maximum absolute atomic E-state index is 12.7. The van der Waals surface area contributed by atoms with E-state index in [4.69, 9.17) is 14.2 Å². The molecule has 0 atom stereocenters. The summed E-state index contributed by atoms with van der Waals surface area (Å²) in [5.74, 6) is 2.00. The fourth-order valence-electron chi connectivity index (χ4n) is 3.18. The number of piperidine rings is 1. The summed E-state index contributed by atoms with van der Waals surface area (Å²) < 4.78 is 15.9. The van der Waals surface area contributed by atoms with Gasteiger partial charge < -0.3 is 24.4 Å². The van der Waals surface area contributed by atoms with E-state index in [9.17, 15) is 4.79 Å². The maximum Gasteiger partial charge on any atom is 0.259 e. The largest absolute Gasteiger partial charge is 0.496 e. The van der Waals surface area contributed by atoms with E-state index in [1.807, 2.05) is 12.1 Å². The Bertz CT molecular complexity index is 787. The van der Waals surface area contributed by atoms with Crippen LogP contribution in [-0.4, -0.2) is 45.3 Å². The van der Waals surface area contributed by atoms with Gasteiger partial charge >= 0.3 is 0 Å². The quantitative estimate of drug-likeness (QED) is 0.840. The molecule has 144 valence electrons. The van der Waals surface area contributed by atoms with Crippen molar-refractivity contribution in [2.45, 2.75) is 19.3 Å². The Morgan fingerprint density at radius 3 is 2.22 bits per heavy atom. The molecule has 0 unspecified atom stereocenters. The van der Waals surface area contributed by atoms with E-state index >= 15 is 0 Å². The highest BCUT2D eigenvalue weighted by atomic mass is 16.5. The molecule has 0 aliphatic carbocycles. The van der Waals surface area contributed by atoms with Crippen LogP contribution in [0.1, 0.15) is 29.6 Å². The molecule has 7 heteroatoms. The number of pyridine rings is 1. The lowest BCUT2D eigenvalue weighted by Gasteiger charge is -2.27. The number of rotatable bonds is 6. The number of hydrogen-bond acceptors (Lipinski definition) is 6. The van der Waals surface area contributed by atoms with Crippen LogP contribution in [0.2, 0.25) is 0 Å². The molecular weight excluding hydrogens is 346 g/mol. The normalized spacial score (nSPS) is 13.8. The molecule has 1 fully saturated rings. The molecule has 2 aromatic rings. The van der Waals surface area contributed by atoms with Crippen LogP contribution in [0.15, 0.2) is 30.5 Å². The molecule has 2 heterocycles. The number of nitrogens with one attached hydrogen (secondary N) is 1. The number of amides is 1. The molecule has 0 radical (unpaired) electrons. The van der Waals surface area contributed by atoms with E-state index in [0.29, 0.717) is 28.5 Å². The predicted octanol–water partition coefficient (Wildman–Crippen LogP) is 3.35. The van der Waals surface area contributed by atoms with E-state index in [1.54, 1.807) is 18.3 Å². The van der Waals surface area contributed by atoms with Crippen molar-refractivity contribution < 1.29 is 19.0 Å². The number of anilines is 2. The smallest absolute Gasteiger partial charge is 0.259 e. The van der Waals surface area contributed by atoms with Gasteiger partial charge in [0, 0.05) is 25.2 Å². The minimum atomic E-state index is -0.305. The van der Waals surface area contributed by atoms with Crippen molar-refractivity contribution in [2.24, 2.45) is 0 Å². The molecule has 0 spiro atoms. The number of carbonyl (C=O) groups is 1. The van der Waals surface area contributed by atoms with Gasteiger partial charge in [0.15, 0.2) is 11.5 Å². The zero-order valence-electron chi connectivity index (χ0n) is 15.9. The summed E-state index contributed by atoms with van der Waals surface area (Å²) in [6.45, 7) is 2.06. The number of aromatic nitrogens is 1. The van der Waals surface area contributed by atoms with Crippen LogP contribution in [0.3, 0.4) is 0 Å². The fraction of sp³-hybridized carbons (Fsp3) is 0.400. The molecule has 1 aromatic carbocycles. The summed E-state index contributed by atoms with van der Waals surface area (Å²) in [7, 11) is 4.56. The summed E-state index contributed by atoms with van der Waals surface area (Å²) in [5.41, 5.74) is 0.979. The molecule has 7 nitrogen and oxygen atoms in total. The van der Waals surface area contributed by atoms with Crippen LogP contribution < -0.4 is 24.4 Å². The first-order valence-electron chi connectivity index (χ1n) is 8.98. The third-order valence-electron chi connectivity index (χ3n) is 4.64. The van der Waals surface area contributed by atoms with E-state index in [1.165, 1.54) is 40.6 Å². The molecule has 1 aromatic heterocycles. The van der Waals surface area contributed by atoms with Gasteiger partial charge in [-0.25, -0.2) is 4.98 Å². The molecule has 27 heavy (non-hydrogen) atoms. The highest BCUT2D eigenvalue weighted by Crippen LogP contribution is 2.35. The molecule has 0 saturated carbocycles. The Labute approximate surface area is 159 Å². The topological polar surface area (TPSA) is 72.9 Å². The van der Waals surface area contributed by atoms with Crippen molar-refractivity contribution in [2.75, 3.05) is 44.6 Å².